The summed E-state index contributed by atoms with van der Waals surface area (Å²) in [5.74, 6) is 0. The van der Waals surface area contributed by atoms with E-state index in [0.29, 0.717) is 0 Å². The monoisotopic (exact) mass is 1220 g/mol. The molecular formula is C82H146N2Ni. The van der Waals surface area contributed by atoms with Crippen LogP contribution in [-0.4, -0.2) is 4.70 Å². The van der Waals surface area contributed by atoms with Gasteiger partial charge in [-0.2, -0.15) is 0 Å². The third-order valence-corrected chi connectivity index (χ3v) is 20.0. The molecule has 0 radical (unpaired) electrons. The first-order valence-electron chi connectivity index (χ1n) is 38.7. The molecule has 0 amide bonds. The third-order valence-electron chi connectivity index (χ3n) is 18.6. The first-order valence-corrected chi connectivity index (χ1v) is 40.1. The fraction of sp³-hybridized carbons (Fsp3) is 0.805. The van der Waals surface area contributed by atoms with E-state index in [9.17, 15) is 5.53 Å². The van der Waals surface area contributed by atoms with Crippen molar-refractivity contribution in [2.45, 2.75) is 424 Å². The van der Waals surface area contributed by atoms with Crippen molar-refractivity contribution >= 4 is 11.4 Å². The van der Waals surface area contributed by atoms with E-state index in [4.69, 9.17) is 0 Å². The van der Waals surface area contributed by atoms with E-state index in [-0.39, 0.29) is 0 Å². The fourth-order valence-corrected chi connectivity index (χ4v) is 14.0. The van der Waals surface area contributed by atoms with E-state index in [2.05, 4.69) is 90.7 Å². The molecule has 0 N–H and O–H groups in total. The summed E-state index contributed by atoms with van der Waals surface area (Å²) in [6.45, 7) is 9.05. The SMILES string of the molecule is CCCCCCCCCCCCCCCCCCCCCCCCCCCC[CH2][Ni][CH2]CCCCCCCCCCCCCCCCCCCCCCCCCCCC.CCCCc1cccc(C2=CC=C(c3cccc(CCCC)c3)[N+]2=[N-])c1. The van der Waals surface area contributed by atoms with Crippen molar-refractivity contribution in [3.8, 4) is 0 Å². The Hall–Kier alpha value is -1.99. The molecule has 0 spiro atoms. The summed E-state index contributed by atoms with van der Waals surface area (Å²) in [7, 11) is 0. The topological polar surface area (TPSA) is 25.3 Å². The molecule has 0 fully saturated rings. The van der Waals surface area contributed by atoms with Crippen LogP contribution in [0.4, 0.5) is 0 Å². The number of allylic oxidation sites excluding steroid dienone is 2. The van der Waals surface area contributed by atoms with Gasteiger partial charge in [0.05, 0.1) is 0 Å². The molecule has 0 aliphatic carbocycles. The van der Waals surface area contributed by atoms with Crippen LogP contribution in [0.15, 0.2) is 60.7 Å². The average Bonchev–Trinajstić information content (AvgIpc) is 3.11. The predicted octanol–water partition coefficient (Wildman–Crippen LogP) is 29.8. The van der Waals surface area contributed by atoms with Gasteiger partial charge in [-0.25, -0.2) is 4.70 Å². The zero-order valence-electron chi connectivity index (χ0n) is 57.8. The number of hydrogen-bond donors (Lipinski definition) is 0. The second-order valence-corrected chi connectivity index (χ2v) is 28.4. The third kappa shape index (κ3) is 49.5. The van der Waals surface area contributed by atoms with Crippen LogP contribution in [0, 0.1) is 0 Å². The van der Waals surface area contributed by atoms with Crippen molar-refractivity contribution in [2.24, 2.45) is 0 Å². The number of rotatable bonds is 64. The normalized spacial score (nSPS) is 12.4. The summed E-state index contributed by atoms with van der Waals surface area (Å²) in [5, 5.41) is 2.87. The van der Waals surface area contributed by atoms with Crippen molar-refractivity contribution < 1.29 is 19.1 Å². The molecule has 85 heavy (non-hydrogen) atoms. The zero-order valence-corrected chi connectivity index (χ0v) is 58.8. The van der Waals surface area contributed by atoms with Crippen molar-refractivity contribution in [1.29, 1.82) is 0 Å². The Morgan fingerprint density at radius 3 is 0.671 bits per heavy atom. The molecule has 494 valence electrons. The van der Waals surface area contributed by atoms with Crippen LogP contribution >= 0.6 is 0 Å². The minimum Gasteiger partial charge on any atom is -0.493 e. The number of unbranched alkanes of at least 4 members (excludes halogenated alkanes) is 54. The molecule has 2 aromatic rings. The quantitative estimate of drug-likeness (QED) is 0.0358. The summed E-state index contributed by atoms with van der Waals surface area (Å²) in [5.41, 5.74) is 17.3. The van der Waals surface area contributed by atoms with Gasteiger partial charge in [0, 0.05) is 23.3 Å². The standard InChI is InChI=1S/2C29H59.C24H28N2.Ni/c2*1-3-5-7-9-11-13-15-17-19-21-23-25-27-29-28-26-24-22-20-18-16-14-12-10-8-6-4-2;1-3-5-9-19-11-7-13-21(17-19)23-15-16-24(26(23)25)22-14-8-12-20(18-22)10-6-4-2;/h2*1,3-29H2,2H3;7-8,11-18H,3-6,9-10H2,1-2H3;. The maximum atomic E-state index is 10.8. The van der Waals surface area contributed by atoms with Gasteiger partial charge < -0.3 is 5.53 Å². The van der Waals surface area contributed by atoms with Crippen molar-refractivity contribution in [2.75, 3.05) is 0 Å². The number of hydrogen-bond acceptors (Lipinski definition) is 0. The summed E-state index contributed by atoms with van der Waals surface area (Å²) in [6, 6.07) is 17.0. The molecular weight excluding hydrogens is 1070 g/mol. The maximum absolute atomic E-state index is 10.8. The molecule has 1 aliphatic heterocycles. The Bertz CT molecular complexity index is 1650. The van der Waals surface area contributed by atoms with Gasteiger partial charge in [0.1, 0.15) is 0 Å². The predicted molar refractivity (Wildman–Crippen MR) is 380 cm³/mol. The zero-order chi connectivity index (χ0) is 60.7. The van der Waals surface area contributed by atoms with Crippen molar-refractivity contribution in [3.63, 3.8) is 0 Å². The number of benzene rings is 2. The van der Waals surface area contributed by atoms with Gasteiger partial charge in [0.15, 0.2) is 0 Å². The number of aryl methyl sites for hydroxylation is 2. The van der Waals surface area contributed by atoms with Gasteiger partial charge in [-0.15, -0.1) is 0 Å². The van der Waals surface area contributed by atoms with Gasteiger partial charge in [0.25, 0.3) is 0 Å². The van der Waals surface area contributed by atoms with E-state index in [1.165, 1.54) is 399 Å². The van der Waals surface area contributed by atoms with E-state index in [1.807, 2.05) is 12.2 Å². The Labute approximate surface area is 539 Å². The smallest absolute Gasteiger partial charge is 0.493 e. The fourth-order valence-electron chi connectivity index (χ4n) is 12.8. The molecule has 1 aliphatic rings. The van der Waals surface area contributed by atoms with E-state index < -0.39 is 0 Å². The summed E-state index contributed by atoms with van der Waals surface area (Å²) >= 11 is 2.05. The molecule has 3 rings (SSSR count). The van der Waals surface area contributed by atoms with Crippen molar-refractivity contribution in [3.05, 3.63) is 88.5 Å². The molecule has 0 saturated carbocycles. The van der Waals surface area contributed by atoms with Gasteiger partial charge in [0.2, 0.25) is 11.4 Å². The number of nitrogens with zero attached hydrogens (tertiary/aromatic N) is 2. The molecule has 0 aromatic heterocycles. The van der Waals surface area contributed by atoms with Crippen LogP contribution in [0.5, 0.6) is 0 Å². The Morgan fingerprint density at radius 2 is 0.459 bits per heavy atom. The van der Waals surface area contributed by atoms with Gasteiger partial charge in [-0.3, -0.25) is 0 Å². The molecule has 0 atom stereocenters. The minimum atomic E-state index is 0.845. The molecule has 2 aromatic carbocycles. The first kappa shape index (κ1) is 79.1. The van der Waals surface area contributed by atoms with E-state index >= 15 is 0 Å². The molecule has 2 nitrogen and oxygen atoms in total. The molecule has 1 heterocycles. The van der Waals surface area contributed by atoms with E-state index in [1.54, 1.807) is 0 Å². The van der Waals surface area contributed by atoms with Crippen molar-refractivity contribution in [1.82, 2.24) is 0 Å². The Balaban J connectivity index is 0.000000776. The minimum absolute atomic E-state index is 0.845. The second-order valence-electron chi connectivity index (χ2n) is 26.9. The molecule has 0 saturated heterocycles. The molecule has 0 bridgehead atoms. The van der Waals surface area contributed by atoms with Crippen LogP contribution in [0.3, 0.4) is 0 Å². The summed E-state index contributed by atoms with van der Waals surface area (Å²) in [6.07, 6.45) is 91.2. The van der Waals surface area contributed by atoms with Crippen LogP contribution in [-0.2, 0) is 27.3 Å². The average molecular weight is 1220 g/mol. The van der Waals surface area contributed by atoms with Crippen LogP contribution in [0.25, 0.3) is 16.9 Å². The van der Waals surface area contributed by atoms with Gasteiger partial charge in [-0.05, 0) is 61.1 Å². The van der Waals surface area contributed by atoms with Crippen LogP contribution < -0.4 is 0 Å². The summed E-state index contributed by atoms with van der Waals surface area (Å²) in [4.78, 5) is 0. The Kier molecular flexibility index (Phi) is 59.2. The van der Waals surface area contributed by atoms with Crippen LogP contribution in [0.1, 0.15) is 422 Å². The van der Waals surface area contributed by atoms with Gasteiger partial charge >= 0.3 is 166 Å². The van der Waals surface area contributed by atoms with Gasteiger partial charge in [-0.1, -0.05) is 270 Å². The second kappa shape index (κ2) is 63.6. The molecule has 3 heteroatoms. The Morgan fingerprint density at radius 1 is 0.259 bits per heavy atom. The van der Waals surface area contributed by atoms with Crippen LogP contribution in [0.2, 0.25) is 10.8 Å². The molecule has 0 unspecified atom stereocenters. The van der Waals surface area contributed by atoms with E-state index in [0.717, 1.165) is 35.4 Å². The first-order chi connectivity index (χ1) is 42.1. The summed E-state index contributed by atoms with van der Waals surface area (Å²) < 4.78 is 1.33.